The van der Waals surface area contributed by atoms with Gasteiger partial charge in [0.2, 0.25) is 12.6 Å². The second-order valence-corrected chi connectivity index (χ2v) is 7.29. The predicted octanol–water partition coefficient (Wildman–Crippen LogP) is 3.93. The van der Waals surface area contributed by atoms with Crippen molar-refractivity contribution in [1.29, 1.82) is 0 Å². The molecule has 0 saturated heterocycles. The molecule has 160 valence electrons. The lowest BCUT2D eigenvalue weighted by atomic mass is 10.1. The van der Waals surface area contributed by atoms with Crippen LogP contribution in [0.1, 0.15) is 37.7 Å². The first-order chi connectivity index (χ1) is 15.0. The molecule has 2 heterocycles. The molecule has 0 amide bonds. The molecule has 0 atom stereocenters. The fourth-order valence-corrected chi connectivity index (χ4v) is 3.61. The molecule has 7 nitrogen and oxygen atoms in total. The van der Waals surface area contributed by atoms with Gasteiger partial charge in [0, 0.05) is 23.5 Å². The largest absolute Gasteiger partial charge is 0.485 e. The van der Waals surface area contributed by atoms with Crippen LogP contribution in [0.5, 0.6) is 17.2 Å². The topological polar surface area (TPSA) is 76.0 Å². The number of hydrogen-bond donors (Lipinski definition) is 0. The summed E-state index contributed by atoms with van der Waals surface area (Å²) < 4.78 is 23.2. The van der Waals surface area contributed by atoms with E-state index < -0.39 is 5.97 Å². The van der Waals surface area contributed by atoms with Crippen LogP contribution in [0.2, 0.25) is 0 Å². The van der Waals surface area contributed by atoms with Gasteiger partial charge < -0.3 is 23.5 Å². The SMILES string of the molecule is COC(=O)c1cccc(OCC(=O)c2cc(C)n(Cc3ccc4c(c3)OCO4)c2C)c1. The number of hydrogen-bond acceptors (Lipinski definition) is 6. The highest BCUT2D eigenvalue weighted by atomic mass is 16.7. The monoisotopic (exact) mass is 421 g/mol. The van der Waals surface area contributed by atoms with Crippen LogP contribution >= 0.6 is 0 Å². The number of esters is 1. The number of aryl methyl sites for hydroxylation is 1. The third-order valence-corrected chi connectivity index (χ3v) is 5.28. The van der Waals surface area contributed by atoms with E-state index in [4.69, 9.17) is 18.9 Å². The van der Waals surface area contributed by atoms with E-state index in [1.165, 1.54) is 7.11 Å². The molecule has 3 aromatic rings. The number of ether oxygens (including phenoxy) is 4. The molecule has 1 aromatic heterocycles. The van der Waals surface area contributed by atoms with E-state index in [1.807, 2.05) is 38.1 Å². The van der Waals surface area contributed by atoms with Crippen LogP contribution in [0.3, 0.4) is 0 Å². The van der Waals surface area contributed by atoms with E-state index in [0.717, 1.165) is 28.5 Å². The Bertz CT molecular complexity index is 1150. The smallest absolute Gasteiger partial charge is 0.337 e. The van der Waals surface area contributed by atoms with Gasteiger partial charge in [0.15, 0.2) is 18.1 Å². The molecule has 1 aliphatic rings. The molecule has 0 aliphatic carbocycles. The van der Waals surface area contributed by atoms with Gasteiger partial charge in [0.25, 0.3) is 0 Å². The summed E-state index contributed by atoms with van der Waals surface area (Å²) in [5.41, 5.74) is 3.89. The molecular formula is C24H23NO6. The quantitative estimate of drug-likeness (QED) is 0.425. The molecule has 1 aliphatic heterocycles. The highest BCUT2D eigenvalue weighted by Gasteiger charge is 2.18. The molecule has 4 rings (SSSR count). The number of aromatic nitrogens is 1. The Morgan fingerprint density at radius 3 is 2.65 bits per heavy atom. The Morgan fingerprint density at radius 1 is 1.03 bits per heavy atom. The standard InChI is InChI=1S/C24H23NO6/c1-15-9-20(21(26)13-29-19-6-4-5-18(11-19)24(27)28-3)16(2)25(15)12-17-7-8-22-23(10-17)31-14-30-22/h4-11H,12-14H2,1-3H3. The Labute approximate surface area is 180 Å². The maximum atomic E-state index is 12.8. The molecule has 0 bridgehead atoms. The maximum Gasteiger partial charge on any atom is 0.337 e. The van der Waals surface area contributed by atoms with Gasteiger partial charge in [-0.2, -0.15) is 0 Å². The first kappa shape index (κ1) is 20.5. The average Bonchev–Trinajstić information content (AvgIpc) is 3.36. The number of carbonyl (C=O) groups is 2. The highest BCUT2D eigenvalue weighted by Crippen LogP contribution is 2.33. The number of methoxy groups -OCH3 is 1. The summed E-state index contributed by atoms with van der Waals surface area (Å²) >= 11 is 0. The van der Waals surface area contributed by atoms with Crippen molar-refractivity contribution in [2.24, 2.45) is 0 Å². The summed E-state index contributed by atoms with van der Waals surface area (Å²) in [6.45, 7) is 4.62. The lowest BCUT2D eigenvalue weighted by Gasteiger charge is -2.11. The highest BCUT2D eigenvalue weighted by molar-refractivity contribution is 5.98. The number of benzene rings is 2. The molecule has 0 fully saturated rings. The Hall–Kier alpha value is -3.74. The Kier molecular flexibility index (Phi) is 5.66. The van der Waals surface area contributed by atoms with Crippen LogP contribution in [0.4, 0.5) is 0 Å². The fraction of sp³-hybridized carbons (Fsp3) is 0.250. The van der Waals surface area contributed by atoms with Gasteiger partial charge in [-0.3, -0.25) is 4.79 Å². The second kappa shape index (κ2) is 8.55. The van der Waals surface area contributed by atoms with Crippen LogP contribution in [-0.2, 0) is 11.3 Å². The van der Waals surface area contributed by atoms with Crippen molar-refractivity contribution in [3.63, 3.8) is 0 Å². The van der Waals surface area contributed by atoms with Crippen LogP contribution in [0, 0.1) is 13.8 Å². The third kappa shape index (κ3) is 4.26. The van der Waals surface area contributed by atoms with E-state index >= 15 is 0 Å². The van der Waals surface area contributed by atoms with Gasteiger partial charge in [-0.1, -0.05) is 12.1 Å². The van der Waals surface area contributed by atoms with E-state index in [1.54, 1.807) is 24.3 Å². The third-order valence-electron chi connectivity index (χ3n) is 5.28. The van der Waals surface area contributed by atoms with Crippen molar-refractivity contribution in [2.75, 3.05) is 20.5 Å². The summed E-state index contributed by atoms with van der Waals surface area (Å²) in [5, 5.41) is 0. The average molecular weight is 421 g/mol. The zero-order chi connectivity index (χ0) is 22.0. The molecule has 0 spiro atoms. The number of ketones is 1. The zero-order valence-corrected chi connectivity index (χ0v) is 17.6. The number of carbonyl (C=O) groups excluding carboxylic acids is 2. The molecule has 0 radical (unpaired) electrons. The van der Waals surface area contributed by atoms with Crippen LogP contribution in [0.25, 0.3) is 0 Å². The molecule has 0 N–H and O–H groups in total. The van der Waals surface area contributed by atoms with Gasteiger partial charge in [-0.15, -0.1) is 0 Å². The van der Waals surface area contributed by atoms with E-state index in [2.05, 4.69) is 4.57 Å². The van der Waals surface area contributed by atoms with Crippen molar-refractivity contribution in [1.82, 2.24) is 4.57 Å². The molecule has 0 unspecified atom stereocenters. The summed E-state index contributed by atoms with van der Waals surface area (Å²) in [6.07, 6.45) is 0. The van der Waals surface area contributed by atoms with Crippen LogP contribution < -0.4 is 14.2 Å². The normalized spacial score (nSPS) is 12.0. The van der Waals surface area contributed by atoms with Gasteiger partial charge in [-0.05, 0) is 55.8 Å². The van der Waals surface area contributed by atoms with Crippen molar-refractivity contribution < 1.29 is 28.5 Å². The van der Waals surface area contributed by atoms with Crippen LogP contribution in [-0.4, -0.2) is 36.8 Å². The number of Topliss-reactive ketones (excluding diaryl/α,β-unsaturated/α-hetero) is 1. The molecule has 7 heteroatoms. The lowest BCUT2D eigenvalue weighted by Crippen LogP contribution is -2.13. The fourth-order valence-electron chi connectivity index (χ4n) is 3.61. The lowest BCUT2D eigenvalue weighted by molar-refractivity contribution is 0.0600. The number of fused-ring (bicyclic) bond motifs is 1. The first-order valence-electron chi connectivity index (χ1n) is 9.86. The molecule has 31 heavy (non-hydrogen) atoms. The van der Waals surface area contributed by atoms with Gasteiger partial charge in [0.05, 0.1) is 12.7 Å². The summed E-state index contributed by atoms with van der Waals surface area (Å²) in [5.74, 6) is 1.33. The first-order valence-corrected chi connectivity index (χ1v) is 9.86. The Balaban J connectivity index is 1.46. The molecular weight excluding hydrogens is 398 g/mol. The van der Waals surface area contributed by atoms with E-state index in [9.17, 15) is 9.59 Å². The van der Waals surface area contributed by atoms with Crippen molar-refractivity contribution in [2.45, 2.75) is 20.4 Å². The van der Waals surface area contributed by atoms with Crippen molar-refractivity contribution in [3.8, 4) is 17.2 Å². The minimum atomic E-state index is -0.455. The van der Waals surface area contributed by atoms with Gasteiger partial charge >= 0.3 is 5.97 Å². The summed E-state index contributed by atoms with van der Waals surface area (Å²) in [4.78, 5) is 24.5. The minimum Gasteiger partial charge on any atom is -0.485 e. The van der Waals surface area contributed by atoms with Gasteiger partial charge in [0.1, 0.15) is 5.75 Å². The molecule has 0 saturated carbocycles. The van der Waals surface area contributed by atoms with Crippen molar-refractivity contribution in [3.05, 3.63) is 76.6 Å². The van der Waals surface area contributed by atoms with Crippen molar-refractivity contribution >= 4 is 11.8 Å². The molecule has 2 aromatic carbocycles. The number of nitrogens with zero attached hydrogens (tertiary/aromatic N) is 1. The summed E-state index contributed by atoms with van der Waals surface area (Å²) in [6, 6.07) is 14.3. The maximum absolute atomic E-state index is 12.8. The predicted molar refractivity (Wildman–Crippen MR) is 113 cm³/mol. The Morgan fingerprint density at radius 2 is 1.84 bits per heavy atom. The van der Waals surface area contributed by atoms with Crippen LogP contribution in [0.15, 0.2) is 48.5 Å². The minimum absolute atomic E-state index is 0.126. The zero-order valence-electron chi connectivity index (χ0n) is 17.6. The van der Waals surface area contributed by atoms with E-state index in [0.29, 0.717) is 23.4 Å². The van der Waals surface area contributed by atoms with E-state index in [-0.39, 0.29) is 19.2 Å². The van der Waals surface area contributed by atoms with Gasteiger partial charge in [-0.25, -0.2) is 4.79 Å². The summed E-state index contributed by atoms with van der Waals surface area (Å²) in [7, 11) is 1.32. The second-order valence-electron chi connectivity index (χ2n) is 7.29. The number of rotatable bonds is 7.